The number of aliphatic carboxylic acids is 1. The molecule has 0 aliphatic heterocycles. The fourth-order valence-electron chi connectivity index (χ4n) is 1.98. The van der Waals surface area contributed by atoms with E-state index in [-0.39, 0.29) is 6.61 Å². The molecule has 114 valence electrons. The summed E-state index contributed by atoms with van der Waals surface area (Å²) in [7, 11) is 0. The van der Waals surface area contributed by atoms with Crippen molar-refractivity contribution in [2.24, 2.45) is 0 Å². The van der Waals surface area contributed by atoms with Crippen LogP contribution in [0.4, 0.5) is 4.79 Å². The van der Waals surface area contributed by atoms with Gasteiger partial charge in [-0.15, -0.1) is 0 Å². The molecule has 0 aromatic heterocycles. The number of hydrogen-bond donors (Lipinski definition) is 1. The molecule has 1 aromatic carbocycles. The lowest BCUT2D eigenvalue weighted by Crippen LogP contribution is -2.46. The van der Waals surface area contributed by atoms with Crippen molar-refractivity contribution < 1.29 is 19.4 Å². The topological polar surface area (TPSA) is 66.8 Å². The Morgan fingerprint density at radius 2 is 1.95 bits per heavy atom. The van der Waals surface area contributed by atoms with Gasteiger partial charge in [-0.1, -0.05) is 43.8 Å². The third-order valence-electron chi connectivity index (χ3n) is 2.92. The maximum Gasteiger partial charge on any atom is 0.411 e. The third-order valence-corrected chi connectivity index (χ3v) is 2.92. The maximum absolute atomic E-state index is 12.2. The van der Waals surface area contributed by atoms with Crippen molar-refractivity contribution >= 4 is 12.1 Å². The van der Waals surface area contributed by atoms with Crippen LogP contribution in [-0.4, -0.2) is 34.7 Å². The van der Waals surface area contributed by atoms with Crippen LogP contribution in [0, 0.1) is 0 Å². The van der Waals surface area contributed by atoms with Gasteiger partial charge in [0.15, 0.2) is 6.04 Å². The van der Waals surface area contributed by atoms with Gasteiger partial charge in [0.1, 0.15) is 6.61 Å². The molecule has 0 bridgehead atoms. The Labute approximate surface area is 124 Å². The molecule has 0 saturated heterocycles. The lowest BCUT2D eigenvalue weighted by molar-refractivity contribution is -0.141. The van der Waals surface area contributed by atoms with Crippen LogP contribution in [0.2, 0.25) is 0 Å². The van der Waals surface area contributed by atoms with Crippen molar-refractivity contribution in [1.29, 1.82) is 0 Å². The molecule has 0 heterocycles. The number of ether oxygens (including phenoxy) is 1. The van der Waals surface area contributed by atoms with Crippen LogP contribution in [0.25, 0.3) is 0 Å². The molecule has 1 unspecified atom stereocenters. The number of nitrogens with zero attached hydrogens (tertiary/aromatic N) is 1. The number of hydrogen-bond acceptors (Lipinski definition) is 3. The Bertz CT molecular complexity index is 484. The zero-order valence-electron chi connectivity index (χ0n) is 12.4. The second-order valence-electron chi connectivity index (χ2n) is 4.82. The largest absolute Gasteiger partial charge is 0.479 e. The predicted octanol–water partition coefficient (Wildman–Crippen LogP) is 3.06. The van der Waals surface area contributed by atoms with Crippen LogP contribution in [0.1, 0.15) is 25.8 Å². The quantitative estimate of drug-likeness (QED) is 0.784. The Kier molecular flexibility index (Phi) is 6.46. The second-order valence-corrected chi connectivity index (χ2v) is 4.82. The van der Waals surface area contributed by atoms with E-state index in [4.69, 9.17) is 4.74 Å². The van der Waals surface area contributed by atoms with E-state index < -0.39 is 18.1 Å². The Balaban J connectivity index is 2.77. The summed E-state index contributed by atoms with van der Waals surface area (Å²) in [5.41, 5.74) is 1.25. The molecule has 1 amide bonds. The number of rotatable bonds is 7. The molecular weight excluding hydrogens is 270 g/mol. The smallest absolute Gasteiger partial charge is 0.411 e. The van der Waals surface area contributed by atoms with E-state index in [2.05, 4.69) is 6.58 Å². The molecule has 1 atom stereocenters. The van der Waals surface area contributed by atoms with Gasteiger partial charge in [-0.05, 0) is 24.5 Å². The Morgan fingerprint density at radius 3 is 2.43 bits per heavy atom. The van der Waals surface area contributed by atoms with Crippen LogP contribution in [0.15, 0.2) is 42.5 Å². The van der Waals surface area contributed by atoms with Crippen molar-refractivity contribution in [1.82, 2.24) is 4.90 Å². The first kappa shape index (κ1) is 16.8. The third kappa shape index (κ3) is 4.95. The first-order valence-electron chi connectivity index (χ1n) is 6.82. The van der Waals surface area contributed by atoms with Gasteiger partial charge in [-0.2, -0.15) is 0 Å². The van der Waals surface area contributed by atoms with Gasteiger partial charge >= 0.3 is 12.1 Å². The molecule has 0 aliphatic carbocycles. The van der Waals surface area contributed by atoms with E-state index in [0.717, 1.165) is 5.56 Å². The summed E-state index contributed by atoms with van der Waals surface area (Å²) in [5.74, 6) is -1.10. The summed E-state index contributed by atoms with van der Waals surface area (Å²) in [6.07, 6.45) is -0.00609. The van der Waals surface area contributed by atoms with Gasteiger partial charge in [-0.25, -0.2) is 9.59 Å². The van der Waals surface area contributed by atoms with E-state index in [9.17, 15) is 14.7 Å². The summed E-state index contributed by atoms with van der Waals surface area (Å²) in [4.78, 5) is 24.7. The SMILES string of the molecule is C=C(C)C(C(=O)O)N(CCC)C(=O)OCc1ccccc1. The second kappa shape index (κ2) is 8.09. The fraction of sp³-hybridized carbons (Fsp3) is 0.375. The van der Waals surface area contributed by atoms with Gasteiger partial charge in [0.05, 0.1) is 0 Å². The highest BCUT2D eigenvalue weighted by molar-refractivity contribution is 5.82. The minimum Gasteiger partial charge on any atom is -0.479 e. The molecule has 1 N–H and O–H groups in total. The number of carbonyl (C=O) groups is 2. The van der Waals surface area contributed by atoms with E-state index in [1.54, 1.807) is 6.92 Å². The fourth-order valence-corrected chi connectivity index (χ4v) is 1.98. The maximum atomic E-state index is 12.2. The van der Waals surface area contributed by atoms with E-state index in [1.807, 2.05) is 37.3 Å². The highest BCUT2D eigenvalue weighted by Crippen LogP contribution is 2.13. The molecule has 1 rings (SSSR count). The number of carbonyl (C=O) groups excluding carboxylic acids is 1. The molecule has 1 aromatic rings. The van der Waals surface area contributed by atoms with Gasteiger partial charge in [0, 0.05) is 6.54 Å². The average Bonchev–Trinajstić information content (AvgIpc) is 2.44. The summed E-state index contributed by atoms with van der Waals surface area (Å²) in [6.45, 7) is 7.53. The minimum absolute atomic E-state index is 0.114. The summed E-state index contributed by atoms with van der Waals surface area (Å²) in [5, 5.41) is 9.26. The van der Waals surface area contributed by atoms with Crippen LogP contribution in [0.5, 0.6) is 0 Å². The monoisotopic (exact) mass is 291 g/mol. The van der Waals surface area contributed by atoms with Crippen LogP contribution < -0.4 is 0 Å². The molecule has 0 fully saturated rings. The van der Waals surface area contributed by atoms with Crippen LogP contribution >= 0.6 is 0 Å². The van der Waals surface area contributed by atoms with Gasteiger partial charge < -0.3 is 9.84 Å². The molecule has 0 aliphatic rings. The first-order chi connectivity index (χ1) is 9.97. The van der Waals surface area contributed by atoms with Crippen molar-refractivity contribution in [3.63, 3.8) is 0 Å². The van der Waals surface area contributed by atoms with Crippen molar-refractivity contribution in [2.75, 3.05) is 6.54 Å². The number of carboxylic acid groups (broad SMARTS) is 1. The standard InChI is InChI=1S/C16H21NO4/c1-4-10-17(14(12(2)3)15(18)19)16(20)21-11-13-8-6-5-7-9-13/h5-9,14H,2,4,10-11H2,1,3H3,(H,18,19). The molecular formula is C16H21NO4. The molecule has 21 heavy (non-hydrogen) atoms. The normalized spacial score (nSPS) is 11.5. The zero-order valence-corrected chi connectivity index (χ0v) is 12.4. The summed E-state index contributed by atoms with van der Waals surface area (Å²) < 4.78 is 5.21. The summed E-state index contributed by atoms with van der Waals surface area (Å²) >= 11 is 0. The first-order valence-corrected chi connectivity index (χ1v) is 6.82. The minimum atomic E-state index is -1.10. The number of benzene rings is 1. The van der Waals surface area contributed by atoms with Crippen molar-refractivity contribution in [3.8, 4) is 0 Å². The van der Waals surface area contributed by atoms with Gasteiger partial charge in [0.2, 0.25) is 0 Å². The lowest BCUT2D eigenvalue weighted by atomic mass is 10.1. The molecule has 5 heteroatoms. The van der Waals surface area contributed by atoms with E-state index >= 15 is 0 Å². The van der Waals surface area contributed by atoms with E-state index in [1.165, 1.54) is 4.90 Å². The average molecular weight is 291 g/mol. The predicted molar refractivity (Wildman–Crippen MR) is 79.9 cm³/mol. The van der Waals surface area contributed by atoms with Crippen molar-refractivity contribution in [3.05, 3.63) is 48.0 Å². The van der Waals surface area contributed by atoms with Crippen molar-refractivity contribution in [2.45, 2.75) is 32.9 Å². The summed E-state index contributed by atoms with van der Waals surface area (Å²) in [6, 6.07) is 8.18. The molecule has 0 radical (unpaired) electrons. The Hall–Kier alpha value is -2.30. The highest BCUT2D eigenvalue weighted by Gasteiger charge is 2.30. The Morgan fingerprint density at radius 1 is 1.33 bits per heavy atom. The highest BCUT2D eigenvalue weighted by atomic mass is 16.6. The molecule has 5 nitrogen and oxygen atoms in total. The lowest BCUT2D eigenvalue weighted by Gasteiger charge is -2.28. The number of amides is 1. The van der Waals surface area contributed by atoms with Gasteiger partial charge in [-0.3, -0.25) is 4.90 Å². The van der Waals surface area contributed by atoms with Crippen LogP contribution in [-0.2, 0) is 16.1 Å². The molecule has 0 saturated carbocycles. The van der Waals surface area contributed by atoms with Gasteiger partial charge in [0.25, 0.3) is 0 Å². The van der Waals surface area contributed by atoms with Crippen LogP contribution in [0.3, 0.4) is 0 Å². The van der Waals surface area contributed by atoms with E-state index in [0.29, 0.717) is 18.5 Å². The zero-order chi connectivity index (χ0) is 15.8. The number of carboxylic acids is 1. The molecule has 0 spiro atoms.